The molecule has 0 radical (unpaired) electrons. The number of rotatable bonds is 8. The van der Waals surface area contributed by atoms with Crippen molar-refractivity contribution >= 4 is 17.5 Å². The number of anilines is 3. The van der Waals surface area contributed by atoms with Crippen molar-refractivity contribution < 1.29 is 9.47 Å². The summed E-state index contributed by atoms with van der Waals surface area (Å²) in [5, 5.41) is 6.59. The van der Waals surface area contributed by atoms with Gasteiger partial charge in [-0.25, -0.2) is 4.98 Å². The molecule has 0 amide bonds. The fraction of sp³-hybridized carbons (Fsp3) is 0.273. The molecule has 3 aromatic rings. The molecular weight excluding hydrogens is 352 g/mol. The van der Waals surface area contributed by atoms with Crippen LogP contribution < -0.4 is 20.1 Å². The number of benzene rings is 2. The zero-order valence-electron chi connectivity index (χ0n) is 16.7. The van der Waals surface area contributed by atoms with Gasteiger partial charge in [0.1, 0.15) is 17.3 Å². The highest BCUT2D eigenvalue weighted by Crippen LogP contribution is 2.22. The van der Waals surface area contributed by atoms with E-state index in [1.165, 1.54) is 0 Å². The van der Waals surface area contributed by atoms with Gasteiger partial charge in [0.05, 0.1) is 13.2 Å². The standard InChI is InChI=1S/C22H26N4O2/c1-15(2)28-19-11-9-18(10-12-19)25-21-13-16(3)24-22(26-21)23-14-17-7-5-6-8-20(17)27-4/h5-13,15H,14H2,1-4H3,(H2,23,24,25,26). The molecule has 2 aromatic carbocycles. The molecule has 0 aliphatic rings. The first-order valence-corrected chi connectivity index (χ1v) is 9.28. The number of nitrogens with zero attached hydrogens (tertiary/aromatic N) is 2. The summed E-state index contributed by atoms with van der Waals surface area (Å²) in [6.07, 6.45) is 0.153. The first kappa shape index (κ1) is 19.5. The lowest BCUT2D eigenvalue weighted by Gasteiger charge is -2.13. The molecule has 0 fully saturated rings. The summed E-state index contributed by atoms with van der Waals surface area (Å²) in [7, 11) is 1.67. The third kappa shape index (κ3) is 5.36. The number of aryl methyl sites for hydroxylation is 1. The largest absolute Gasteiger partial charge is 0.496 e. The number of hydrogen-bond donors (Lipinski definition) is 2. The normalized spacial score (nSPS) is 10.6. The van der Waals surface area contributed by atoms with Gasteiger partial charge in [0.2, 0.25) is 5.95 Å². The van der Waals surface area contributed by atoms with Crippen molar-refractivity contribution in [3.63, 3.8) is 0 Å². The van der Waals surface area contributed by atoms with Crippen molar-refractivity contribution in [1.29, 1.82) is 0 Å². The van der Waals surface area contributed by atoms with Crippen LogP contribution in [-0.2, 0) is 6.54 Å². The van der Waals surface area contributed by atoms with E-state index in [9.17, 15) is 0 Å². The van der Waals surface area contributed by atoms with Crippen LogP contribution >= 0.6 is 0 Å². The molecule has 0 spiro atoms. The number of aromatic nitrogens is 2. The Morgan fingerprint density at radius 3 is 2.46 bits per heavy atom. The quantitative estimate of drug-likeness (QED) is 0.579. The number of para-hydroxylation sites is 1. The molecule has 1 heterocycles. The van der Waals surface area contributed by atoms with E-state index >= 15 is 0 Å². The van der Waals surface area contributed by atoms with Crippen molar-refractivity contribution in [2.24, 2.45) is 0 Å². The highest BCUT2D eigenvalue weighted by Gasteiger charge is 2.06. The number of hydrogen-bond acceptors (Lipinski definition) is 6. The zero-order chi connectivity index (χ0) is 19.9. The Morgan fingerprint density at radius 1 is 1.00 bits per heavy atom. The second kappa shape index (κ2) is 9.08. The summed E-state index contributed by atoms with van der Waals surface area (Å²) < 4.78 is 11.1. The summed E-state index contributed by atoms with van der Waals surface area (Å²) in [4.78, 5) is 9.03. The topological polar surface area (TPSA) is 68.3 Å². The van der Waals surface area contributed by atoms with Gasteiger partial charge in [0.15, 0.2) is 0 Å². The van der Waals surface area contributed by atoms with Crippen LogP contribution in [-0.4, -0.2) is 23.2 Å². The molecule has 0 saturated carbocycles. The van der Waals surface area contributed by atoms with Crippen molar-refractivity contribution in [3.8, 4) is 11.5 Å². The van der Waals surface area contributed by atoms with Gasteiger partial charge in [-0.1, -0.05) is 18.2 Å². The molecule has 1 aromatic heterocycles. The van der Waals surface area contributed by atoms with Crippen molar-refractivity contribution in [2.45, 2.75) is 33.4 Å². The molecule has 6 heteroatoms. The van der Waals surface area contributed by atoms with Crippen LogP contribution in [0.3, 0.4) is 0 Å². The van der Waals surface area contributed by atoms with E-state index in [0.717, 1.165) is 34.3 Å². The summed E-state index contributed by atoms with van der Waals surface area (Å²) in [5.74, 6) is 2.98. The molecule has 6 nitrogen and oxygen atoms in total. The van der Waals surface area contributed by atoms with E-state index in [0.29, 0.717) is 12.5 Å². The Morgan fingerprint density at radius 2 is 1.75 bits per heavy atom. The molecule has 0 aliphatic heterocycles. The predicted molar refractivity (Wildman–Crippen MR) is 113 cm³/mol. The van der Waals surface area contributed by atoms with Crippen LogP contribution in [0.1, 0.15) is 25.1 Å². The molecule has 0 unspecified atom stereocenters. The Bertz CT molecular complexity index is 911. The highest BCUT2D eigenvalue weighted by atomic mass is 16.5. The van der Waals surface area contributed by atoms with E-state index in [2.05, 4.69) is 20.6 Å². The predicted octanol–water partition coefficient (Wildman–Crippen LogP) is 4.94. The summed E-state index contributed by atoms with van der Waals surface area (Å²) >= 11 is 0. The SMILES string of the molecule is COc1ccccc1CNc1nc(C)cc(Nc2ccc(OC(C)C)cc2)n1. The first-order valence-electron chi connectivity index (χ1n) is 9.28. The Balaban J connectivity index is 1.69. The third-order valence-corrected chi connectivity index (χ3v) is 3.98. The zero-order valence-corrected chi connectivity index (χ0v) is 16.7. The van der Waals surface area contributed by atoms with Crippen molar-refractivity contribution in [2.75, 3.05) is 17.7 Å². The Hall–Kier alpha value is -3.28. The minimum absolute atomic E-state index is 0.153. The van der Waals surface area contributed by atoms with Crippen LogP contribution in [0.2, 0.25) is 0 Å². The maximum atomic E-state index is 5.68. The molecule has 28 heavy (non-hydrogen) atoms. The van der Waals surface area contributed by atoms with Gasteiger partial charge >= 0.3 is 0 Å². The first-order chi connectivity index (χ1) is 13.5. The second-order valence-electron chi connectivity index (χ2n) is 6.70. The van der Waals surface area contributed by atoms with Crippen molar-refractivity contribution in [1.82, 2.24) is 9.97 Å². The summed E-state index contributed by atoms with van der Waals surface area (Å²) in [6.45, 7) is 6.54. The van der Waals surface area contributed by atoms with Gasteiger partial charge < -0.3 is 20.1 Å². The van der Waals surface area contributed by atoms with E-state index in [1.807, 2.05) is 75.4 Å². The Kier molecular flexibility index (Phi) is 6.32. The van der Waals surface area contributed by atoms with Crippen LogP contribution in [0.25, 0.3) is 0 Å². The maximum Gasteiger partial charge on any atom is 0.225 e. The fourth-order valence-corrected chi connectivity index (χ4v) is 2.77. The van der Waals surface area contributed by atoms with E-state index < -0.39 is 0 Å². The smallest absolute Gasteiger partial charge is 0.225 e. The monoisotopic (exact) mass is 378 g/mol. The molecule has 0 bridgehead atoms. The van der Waals surface area contributed by atoms with Gasteiger partial charge in [-0.2, -0.15) is 4.98 Å². The summed E-state index contributed by atoms with van der Waals surface area (Å²) in [5.41, 5.74) is 2.86. The average Bonchev–Trinajstić information content (AvgIpc) is 2.67. The molecule has 2 N–H and O–H groups in total. The fourth-order valence-electron chi connectivity index (χ4n) is 2.77. The minimum atomic E-state index is 0.153. The number of methoxy groups -OCH3 is 1. The van der Waals surface area contributed by atoms with E-state index in [-0.39, 0.29) is 6.10 Å². The lowest BCUT2D eigenvalue weighted by molar-refractivity contribution is 0.242. The van der Waals surface area contributed by atoms with E-state index in [4.69, 9.17) is 9.47 Å². The summed E-state index contributed by atoms with van der Waals surface area (Å²) in [6, 6.07) is 17.6. The van der Waals surface area contributed by atoms with Gasteiger partial charge in [-0.15, -0.1) is 0 Å². The van der Waals surface area contributed by atoms with Gasteiger partial charge in [-0.3, -0.25) is 0 Å². The molecule has 0 atom stereocenters. The maximum absolute atomic E-state index is 5.68. The lowest BCUT2D eigenvalue weighted by Crippen LogP contribution is -2.07. The van der Waals surface area contributed by atoms with Crippen LogP contribution in [0.5, 0.6) is 11.5 Å². The highest BCUT2D eigenvalue weighted by molar-refractivity contribution is 5.58. The van der Waals surface area contributed by atoms with Gasteiger partial charge in [-0.05, 0) is 51.1 Å². The Labute approximate surface area is 166 Å². The number of ether oxygens (including phenoxy) is 2. The third-order valence-electron chi connectivity index (χ3n) is 3.98. The van der Waals surface area contributed by atoms with Gasteiger partial charge in [0, 0.05) is 29.6 Å². The molecular formula is C22H26N4O2. The molecule has 0 aliphatic carbocycles. The lowest BCUT2D eigenvalue weighted by atomic mass is 10.2. The molecule has 146 valence electrons. The van der Waals surface area contributed by atoms with E-state index in [1.54, 1.807) is 7.11 Å². The average molecular weight is 378 g/mol. The number of nitrogens with one attached hydrogen (secondary N) is 2. The van der Waals surface area contributed by atoms with Crippen LogP contribution in [0.15, 0.2) is 54.6 Å². The molecule has 3 rings (SSSR count). The second-order valence-corrected chi connectivity index (χ2v) is 6.70. The van der Waals surface area contributed by atoms with Crippen LogP contribution in [0.4, 0.5) is 17.5 Å². The van der Waals surface area contributed by atoms with Crippen molar-refractivity contribution in [3.05, 3.63) is 65.9 Å². The van der Waals surface area contributed by atoms with Gasteiger partial charge in [0.25, 0.3) is 0 Å². The minimum Gasteiger partial charge on any atom is -0.496 e. The van der Waals surface area contributed by atoms with Crippen LogP contribution in [0, 0.1) is 6.92 Å². The molecule has 0 saturated heterocycles.